The first-order valence-electron chi connectivity index (χ1n) is 10.8. The molecule has 6 heteroatoms. The lowest BCUT2D eigenvalue weighted by Crippen LogP contribution is -2.76. The summed E-state index contributed by atoms with van der Waals surface area (Å²) in [6.45, 7) is 8.85. The zero-order valence-electron chi connectivity index (χ0n) is 16.5. The van der Waals surface area contributed by atoms with Crippen molar-refractivity contribution in [3.63, 3.8) is 0 Å². The third-order valence-electron chi connectivity index (χ3n) is 10.6. The summed E-state index contributed by atoms with van der Waals surface area (Å²) >= 11 is 0. The molecule has 0 aromatic heterocycles. The van der Waals surface area contributed by atoms with Crippen molar-refractivity contribution in [2.75, 3.05) is 6.54 Å². The number of carbonyl (C=O) groups excluding carboxylic acids is 1. The second-order valence-corrected chi connectivity index (χ2v) is 11.5. The Balaban J connectivity index is 1.49. The van der Waals surface area contributed by atoms with Crippen molar-refractivity contribution in [3.8, 4) is 0 Å². The summed E-state index contributed by atoms with van der Waals surface area (Å²) in [5, 5.41) is 35.1. The maximum absolute atomic E-state index is 12.2. The van der Waals surface area contributed by atoms with E-state index >= 15 is 0 Å². The molecule has 152 valence electrons. The molecule has 6 saturated carbocycles. The molecule has 3 heterocycles. The maximum Gasteiger partial charge on any atom is 0.302 e. The van der Waals surface area contributed by atoms with Crippen molar-refractivity contribution in [2.45, 2.75) is 75.5 Å². The van der Waals surface area contributed by atoms with Gasteiger partial charge in [0, 0.05) is 48.2 Å². The van der Waals surface area contributed by atoms with E-state index in [1.54, 1.807) is 0 Å². The van der Waals surface area contributed by atoms with E-state index in [1.165, 1.54) is 6.92 Å². The minimum Gasteiger partial charge on any atom is -0.463 e. The quantitative estimate of drug-likeness (QED) is 0.447. The first kappa shape index (κ1) is 16.8. The van der Waals surface area contributed by atoms with E-state index in [0.717, 1.165) is 25.0 Å². The van der Waals surface area contributed by atoms with Crippen molar-refractivity contribution >= 4 is 5.97 Å². The van der Waals surface area contributed by atoms with Gasteiger partial charge in [-0.05, 0) is 37.0 Å². The van der Waals surface area contributed by atoms with Gasteiger partial charge in [0.25, 0.3) is 0 Å². The molecule has 0 aromatic carbocycles. The minimum absolute atomic E-state index is 0.0237. The normalized spacial score (nSPS) is 69.3. The van der Waals surface area contributed by atoms with Gasteiger partial charge in [0.05, 0.1) is 12.2 Å². The van der Waals surface area contributed by atoms with Crippen LogP contribution in [0.15, 0.2) is 12.2 Å². The van der Waals surface area contributed by atoms with Gasteiger partial charge in [-0.2, -0.15) is 0 Å². The molecule has 28 heavy (non-hydrogen) atoms. The number of esters is 1. The number of fused-ring (bicyclic) bond motifs is 1. The van der Waals surface area contributed by atoms with E-state index in [9.17, 15) is 20.1 Å². The molecule has 3 saturated heterocycles. The maximum atomic E-state index is 12.2. The molecule has 3 N–H and O–H groups in total. The van der Waals surface area contributed by atoms with E-state index in [2.05, 4.69) is 18.4 Å². The van der Waals surface area contributed by atoms with Gasteiger partial charge in [-0.15, -0.1) is 0 Å². The number of carbonyl (C=O) groups is 1. The number of hydrogen-bond acceptors (Lipinski definition) is 6. The molecule has 9 aliphatic rings. The SMILES string of the molecule is C=C1C[C@]23CC4C5C6(C)C[C@H](OC(C)=O)C[C@]57C(N4C6)C2(O)C(O)[C@H]1C(O)C73. The van der Waals surface area contributed by atoms with Gasteiger partial charge >= 0.3 is 5.97 Å². The van der Waals surface area contributed by atoms with Gasteiger partial charge in [-0.3, -0.25) is 9.69 Å². The average Bonchev–Trinajstić information content (AvgIpc) is 2.97. The van der Waals surface area contributed by atoms with E-state index in [0.29, 0.717) is 24.8 Å². The molecule has 9 unspecified atom stereocenters. The second-order valence-electron chi connectivity index (χ2n) is 11.5. The highest BCUT2D eigenvalue weighted by molar-refractivity contribution is 5.66. The Hall–Kier alpha value is -0.950. The molecule has 3 aliphatic heterocycles. The van der Waals surface area contributed by atoms with Crippen LogP contribution in [0.2, 0.25) is 0 Å². The molecule has 6 nitrogen and oxygen atoms in total. The van der Waals surface area contributed by atoms with Crippen molar-refractivity contribution in [3.05, 3.63) is 12.2 Å². The number of aliphatic hydroxyl groups is 3. The smallest absolute Gasteiger partial charge is 0.302 e. The Morgan fingerprint density at radius 2 is 2.00 bits per heavy atom. The van der Waals surface area contributed by atoms with Crippen LogP contribution in [-0.2, 0) is 9.53 Å². The molecule has 0 amide bonds. The van der Waals surface area contributed by atoms with Crippen LogP contribution in [0, 0.1) is 34.0 Å². The van der Waals surface area contributed by atoms with Gasteiger partial charge in [0.1, 0.15) is 11.7 Å². The summed E-state index contributed by atoms with van der Waals surface area (Å²) in [4.78, 5) is 14.3. The van der Waals surface area contributed by atoms with Crippen LogP contribution in [0.25, 0.3) is 0 Å². The van der Waals surface area contributed by atoms with Gasteiger partial charge < -0.3 is 20.1 Å². The lowest BCUT2D eigenvalue weighted by molar-refractivity contribution is -0.280. The first-order valence-corrected chi connectivity index (χ1v) is 10.8. The van der Waals surface area contributed by atoms with Crippen LogP contribution in [0.5, 0.6) is 0 Å². The third-order valence-corrected chi connectivity index (χ3v) is 10.6. The molecule has 0 aromatic rings. The molecular weight excluding hydrogens is 358 g/mol. The number of nitrogens with zero attached hydrogens (tertiary/aromatic N) is 1. The lowest BCUT2D eigenvalue weighted by Gasteiger charge is -2.67. The van der Waals surface area contributed by atoms with Gasteiger partial charge in [0.15, 0.2) is 0 Å². The monoisotopic (exact) mass is 387 g/mol. The second kappa shape index (κ2) is 4.25. The van der Waals surface area contributed by atoms with Gasteiger partial charge in [-0.25, -0.2) is 0 Å². The number of aliphatic hydroxyl groups excluding tert-OH is 2. The molecule has 9 fully saturated rings. The summed E-state index contributed by atoms with van der Waals surface area (Å²) in [5.41, 5.74) is -1.07. The largest absolute Gasteiger partial charge is 0.463 e. The summed E-state index contributed by atoms with van der Waals surface area (Å²) < 4.78 is 5.75. The summed E-state index contributed by atoms with van der Waals surface area (Å²) in [6.07, 6.45) is 1.27. The average molecular weight is 387 g/mol. The fourth-order valence-corrected chi connectivity index (χ4v) is 11.0. The molecule has 9 bridgehead atoms. The zero-order valence-corrected chi connectivity index (χ0v) is 16.5. The van der Waals surface area contributed by atoms with Crippen LogP contribution in [0.1, 0.15) is 39.5 Å². The number of rotatable bonds is 1. The highest BCUT2D eigenvalue weighted by atomic mass is 16.5. The molecular formula is C22H29NO5. The fourth-order valence-electron chi connectivity index (χ4n) is 11.0. The Kier molecular flexibility index (Phi) is 2.55. The van der Waals surface area contributed by atoms with Crippen LogP contribution in [-0.4, -0.2) is 68.7 Å². The topological polar surface area (TPSA) is 90.2 Å². The minimum atomic E-state index is -1.20. The van der Waals surface area contributed by atoms with Crippen molar-refractivity contribution in [2.24, 2.45) is 34.0 Å². The summed E-state index contributed by atoms with van der Waals surface area (Å²) in [6, 6.07) is 0.245. The van der Waals surface area contributed by atoms with Crippen molar-refractivity contribution in [1.82, 2.24) is 4.90 Å². The molecule has 6 aliphatic carbocycles. The molecule has 13 atom stereocenters. The summed E-state index contributed by atoms with van der Waals surface area (Å²) in [5.74, 6) is -0.379. The fraction of sp³-hybridized carbons (Fsp3) is 0.864. The predicted octanol–water partition coefficient (Wildman–Crippen LogP) is 0.450. The third kappa shape index (κ3) is 1.26. The summed E-state index contributed by atoms with van der Waals surface area (Å²) in [7, 11) is 0. The molecule has 9 rings (SSSR count). The predicted molar refractivity (Wildman–Crippen MR) is 97.9 cm³/mol. The Morgan fingerprint density at radius 1 is 1.25 bits per heavy atom. The Morgan fingerprint density at radius 3 is 2.71 bits per heavy atom. The molecule has 2 spiro atoms. The van der Waals surface area contributed by atoms with E-state index in [-0.39, 0.29) is 34.9 Å². The van der Waals surface area contributed by atoms with Crippen molar-refractivity contribution in [1.29, 1.82) is 0 Å². The van der Waals surface area contributed by atoms with Gasteiger partial charge in [-0.1, -0.05) is 19.1 Å². The van der Waals surface area contributed by atoms with E-state index in [1.807, 2.05) is 0 Å². The van der Waals surface area contributed by atoms with Crippen LogP contribution in [0.3, 0.4) is 0 Å². The highest BCUT2D eigenvalue weighted by Gasteiger charge is 2.94. The van der Waals surface area contributed by atoms with Crippen LogP contribution < -0.4 is 0 Å². The Bertz CT molecular complexity index is 860. The van der Waals surface area contributed by atoms with Crippen molar-refractivity contribution < 1.29 is 24.9 Å². The molecule has 0 radical (unpaired) electrons. The van der Waals surface area contributed by atoms with E-state index < -0.39 is 29.1 Å². The number of ether oxygens (including phenoxy) is 1. The first-order chi connectivity index (χ1) is 13.1. The van der Waals surface area contributed by atoms with Crippen LogP contribution in [0.4, 0.5) is 0 Å². The zero-order chi connectivity index (χ0) is 19.6. The van der Waals surface area contributed by atoms with E-state index in [4.69, 9.17) is 4.74 Å². The standard InChI is InChI=1S/C22H29NO5/c1-9-4-20-7-12-15-19(3)5-11(28-10(2)24)6-21(15)16(20)14(25)13(9)17(26)22(20,27)18(21)23(12)8-19/h11-18,25-27H,1,4-8H2,2-3H3/t11-,12?,13+,14?,15?,16?,17?,18?,19?,20+,21-,22?/m0/s1. The Labute approximate surface area is 164 Å². The number of piperidine rings is 2. The van der Waals surface area contributed by atoms with Crippen LogP contribution >= 0.6 is 0 Å². The van der Waals surface area contributed by atoms with Gasteiger partial charge in [0.2, 0.25) is 0 Å². The number of hydrogen-bond donors (Lipinski definition) is 3. The lowest BCUT2D eigenvalue weighted by atomic mass is 9.39. The highest BCUT2D eigenvalue weighted by Crippen LogP contribution is 2.88.